The molecule has 140 valence electrons. The summed E-state index contributed by atoms with van der Waals surface area (Å²) in [6.45, 7) is 3.52. The summed E-state index contributed by atoms with van der Waals surface area (Å²) in [5.41, 5.74) is 5.63. The zero-order valence-electron chi connectivity index (χ0n) is 15.1. The summed E-state index contributed by atoms with van der Waals surface area (Å²) in [5, 5.41) is 0. The standard InChI is InChI=1S/C18H19N5O4/c1-10(2)14(15(24)21-22-18-19-9-8-13(20-18)27-3)23-16(25)11-6-4-5-7-12(11)17(23)26/h4-10,14H,1-3H3,(H,21,24)(H,19,20,22). The molecule has 0 spiro atoms. The first kappa shape index (κ1) is 18.3. The van der Waals surface area contributed by atoms with Gasteiger partial charge in [-0.3, -0.25) is 30.1 Å². The molecule has 0 saturated heterocycles. The second-order valence-corrected chi connectivity index (χ2v) is 6.25. The highest BCUT2D eigenvalue weighted by Crippen LogP contribution is 2.27. The summed E-state index contributed by atoms with van der Waals surface area (Å²) in [5.74, 6) is -1.38. The van der Waals surface area contributed by atoms with Gasteiger partial charge in [0.25, 0.3) is 17.7 Å². The van der Waals surface area contributed by atoms with Crippen LogP contribution in [0.5, 0.6) is 5.88 Å². The summed E-state index contributed by atoms with van der Waals surface area (Å²) in [6, 6.07) is 7.08. The van der Waals surface area contributed by atoms with Crippen LogP contribution in [0.2, 0.25) is 0 Å². The van der Waals surface area contributed by atoms with E-state index in [2.05, 4.69) is 20.8 Å². The molecule has 1 unspecified atom stereocenters. The lowest BCUT2D eigenvalue weighted by atomic mass is 10.0. The van der Waals surface area contributed by atoms with Crippen LogP contribution in [0.1, 0.15) is 34.6 Å². The number of nitrogens with zero attached hydrogens (tertiary/aromatic N) is 3. The first-order valence-corrected chi connectivity index (χ1v) is 8.34. The Morgan fingerprint density at radius 1 is 1.11 bits per heavy atom. The number of amides is 3. The summed E-state index contributed by atoms with van der Waals surface area (Å²) < 4.78 is 4.99. The van der Waals surface area contributed by atoms with E-state index in [-0.39, 0.29) is 11.9 Å². The summed E-state index contributed by atoms with van der Waals surface area (Å²) >= 11 is 0. The van der Waals surface area contributed by atoms with Crippen molar-refractivity contribution in [3.63, 3.8) is 0 Å². The van der Waals surface area contributed by atoms with Crippen molar-refractivity contribution in [3.05, 3.63) is 47.7 Å². The third kappa shape index (κ3) is 3.43. The van der Waals surface area contributed by atoms with Crippen LogP contribution in [0.15, 0.2) is 36.5 Å². The summed E-state index contributed by atoms with van der Waals surface area (Å²) in [4.78, 5) is 47.1. The van der Waals surface area contributed by atoms with Crippen molar-refractivity contribution in [2.45, 2.75) is 19.9 Å². The molecule has 3 amide bonds. The molecule has 2 N–H and O–H groups in total. The Hall–Kier alpha value is -3.49. The Labute approximate surface area is 155 Å². The topological polar surface area (TPSA) is 114 Å². The van der Waals surface area contributed by atoms with Gasteiger partial charge < -0.3 is 4.74 Å². The molecule has 0 radical (unpaired) electrons. The van der Waals surface area contributed by atoms with Gasteiger partial charge in [-0.2, -0.15) is 4.98 Å². The molecule has 0 fully saturated rings. The summed E-state index contributed by atoms with van der Waals surface area (Å²) in [7, 11) is 1.46. The number of carbonyl (C=O) groups is 3. The number of hydrogen-bond acceptors (Lipinski definition) is 7. The van der Waals surface area contributed by atoms with E-state index in [1.165, 1.54) is 13.3 Å². The summed E-state index contributed by atoms with van der Waals surface area (Å²) in [6.07, 6.45) is 1.46. The average molecular weight is 369 g/mol. The molecule has 9 nitrogen and oxygen atoms in total. The maximum absolute atomic E-state index is 12.7. The molecule has 0 aliphatic carbocycles. The molecule has 9 heteroatoms. The Bertz CT molecular complexity index is 864. The quantitative estimate of drug-likeness (QED) is 0.582. The van der Waals surface area contributed by atoms with Gasteiger partial charge in [0.1, 0.15) is 6.04 Å². The molecule has 27 heavy (non-hydrogen) atoms. The first-order chi connectivity index (χ1) is 12.9. The van der Waals surface area contributed by atoms with Crippen LogP contribution in [0.25, 0.3) is 0 Å². The van der Waals surface area contributed by atoms with Crippen molar-refractivity contribution in [1.82, 2.24) is 20.3 Å². The highest BCUT2D eigenvalue weighted by atomic mass is 16.5. The van der Waals surface area contributed by atoms with Gasteiger partial charge in [-0.1, -0.05) is 26.0 Å². The lowest BCUT2D eigenvalue weighted by Gasteiger charge is -2.28. The molecule has 1 aromatic heterocycles. The van der Waals surface area contributed by atoms with Gasteiger partial charge >= 0.3 is 0 Å². The van der Waals surface area contributed by atoms with Crippen LogP contribution in [0.4, 0.5) is 5.95 Å². The van der Waals surface area contributed by atoms with E-state index in [1.807, 2.05) is 0 Å². The average Bonchev–Trinajstić information content (AvgIpc) is 2.92. The smallest absolute Gasteiger partial charge is 0.262 e. The number of methoxy groups -OCH3 is 1. The lowest BCUT2D eigenvalue weighted by Crippen LogP contribution is -2.53. The fourth-order valence-corrected chi connectivity index (χ4v) is 2.89. The fraction of sp³-hybridized carbons (Fsp3) is 0.278. The molecule has 2 heterocycles. The van der Waals surface area contributed by atoms with E-state index < -0.39 is 23.8 Å². The molecule has 1 aromatic carbocycles. The van der Waals surface area contributed by atoms with Crippen molar-refractivity contribution in [1.29, 1.82) is 0 Å². The number of anilines is 1. The van der Waals surface area contributed by atoms with Gasteiger partial charge in [-0.15, -0.1) is 0 Å². The molecule has 0 bridgehead atoms. The number of rotatable bonds is 6. The number of ether oxygens (including phenoxy) is 1. The van der Waals surface area contributed by atoms with E-state index in [1.54, 1.807) is 44.2 Å². The second-order valence-electron chi connectivity index (χ2n) is 6.25. The maximum atomic E-state index is 12.7. The monoisotopic (exact) mass is 369 g/mol. The maximum Gasteiger partial charge on any atom is 0.262 e. The number of fused-ring (bicyclic) bond motifs is 1. The predicted octanol–water partition coefficient (Wildman–Crippen LogP) is 1.25. The third-order valence-electron chi connectivity index (χ3n) is 4.14. The van der Waals surface area contributed by atoms with Crippen LogP contribution in [-0.2, 0) is 4.79 Å². The zero-order valence-corrected chi connectivity index (χ0v) is 15.1. The molecule has 1 aliphatic rings. The molecule has 1 aliphatic heterocycles. The van der Waals surface area contributed by atoms with Gasteiger partial charge in [0.05, 0.1) is 18.2 Å². The van der Waals surface area contributed by atoms with E-state index >= 15 is 0 Å². The first-order valence-electron chi connectivity index (χ1n) is 8.34. The van der Waals surface area contributed by atoms with Crippen LogP contribution in [0.3, 0.4) is 0 Å². The van der Waals surface area contributed by atoms with Crippen molar-refractivity contribution in [3.8, 4) is 5.88 Å². The zero-order chi connectivity index (χ0) is 19.6. The van der Waals surface area contributed by atoms with Gasteiger partial charge in [-0.05, 0) is 18.1 Å². The minimum Gasteiger partial charge on any atom is -0.481 e. The molecule has 3 rings (SSSR count). The highest BCUT2D eigenvalue weighted by molar-refractivity contribution is 6.22. The number of hydrogen-bond donors (Lipinski definition) is 2. The Balaban J connectivity index is 1.79. The van der Waals surface area contributed by atoms with Crippen LogP contribution < -0.4 is 15.6 Å². The Morgan fingerprint density at radius 3 is 2.30 bits per heavy atom. The van der Waals surface area contributed by atoms with E-state index in [0.29, 0.717) is 17.0 Å². The van der Waals surface area contributed by atoms with E-state index in [4.69, 9.17) is 4.74 Å². The van der Waals surface area contributed by atoms with Crippen molar-refractivity contribution in [2.75, 3.05) is 12.5 Å². The predicted molar refractivity (Wildman–Crippen MR) is 95.9 cm³/mol. The van der Waals surface area contributed by atoms with Crippen LogP contribution >= 0.6 is 0 Å². The molecule has 0 saturated carbocycles. The minimum atomic E-state index is -0.990. The van der Waals surface area contributed by atoms with Crippen molar-refractivity contribution in [2.24, 2.45) is 5.92 Å². The second kappa shape index (κ2) is 7.40. The van der Waals surface area contributed by atoms with E-state index in [9.17, 15) is 14.4 Å². The SMILES string of the molecule is COc1ccnc(NNC(=O)C(C(C)C)N2C(=O)c3ccccc3C2=O)n1. The third-order valence-corrected chi connectivity index (χ3v) is 4.14. The van der Waals surface area contributed by atoms with Crippen LogP contribution in [0, 0.1) is 5.92 Å². The normalized spacial score (nSPS) is 14.1. The number of hydrazine groups is 1. The van der Waals surface area contributed by atoms with Crippen molar-refractivity contribution < 1.29 is 19.1 Å². The number of imide groups is 1. The van der Waals surface area contributed by atoms with Crippen molar-refractivity contribution >= 4 is 23.7 Å². The van der Waals surface area contributed by atoms with E-state index in [0.717, 1.165) is 4.90 Å². The number of carbonyl (C=O) groups excluding carboxylic acids is 3. The van der Waals surface area contributed by atoms with Gasteiger partial charge in [-0.25, -0.2) is 4.98 Å². The minimum absolute atomic E-state index is 0.118. The van der Waals surface area contributed by atoms with Gasteiger partial charge in [0, 0.05) is 12.3 Å². The highest BCUT2D eigenvalue weighted by Gasteiger charge is 2.43. The fourth-order valence-electron chi connectivity index (χ4n) is 2.89. The van der Waals surface area contributed by atoms with Gasteiger partial charge in [0.2, 0.25) is 11.8 Å². The lowest BCUT2D eigenvalue weighted by molar-refractivity contribution is -0.125. The number of aromatic nitrogens is 2. The Morgan fingerprint density at radius 2 is 1.74 bits per heavy atom. The van der Waals surface area contributed by atoms with Crippen LogP contribution in [-0.4, -0.2) is 45.7 Å². The number of nitrogens with one attached hydrogen (secondary N) is 2. The molecule has 1 atom stereocenters. The van der Waals surface area contributed by atoms with Gasteiger partial charge in [0.15, 0.2) is 0 Å². The Kier molecular flexibility index (Phi) is 5.02. The molecular formula is C18H19N5O4. The largest absolute Gasteiger partial charge is 0.481 e. The molecule has 2 aromatic rings. The molecular weight excluding hydrogens is 350 g/mol. The number of benzene rings is 1.